The van der Waals surface area contributed by atoms with E-state index in [1.165, 1.54) is 45.3 Å². The molecule has 26 heavy (non-hydrogen) atoms. The quantitative estimate of drug-likeness (QED) is 0.768. The molecular formula is C18H22N2O5S. The third-order valence-corrected chi connectivity index (χ3v) is 5.63. The molecule has 0 spiro atoms. The maximum absolute atomic E-state index is 12.7. The molecule has 0 saturated heterocycles. The lowest BCUT2D eigenvalue weighted by molar-refractivity contribution is -0.114. The SMILES string of the molecule is COc1cccc(C(O)CN(C)S(=O)(=O)c2ccc(NC(C)=O)cc2)c1. The van der Waals surface area contributed by atoms with Gasteiger partial charge in [0, 0.05) is 26.2 Å². The van der Waals surface area contributed by atoms with Gasteiger partial charge < -0.3 is 15.2 Å². The Labute approximate surface area is 153 Å². The zero-order valence-electron chi connectivity index (χ0n) is 14.8. The minimum absolute atomic E-state index is 0.0759. The van der Waals surface area contributed by atoms with Crippen molar-refractivity contribution >= 4 is 21.6 Å². The topological polar surface area (TPSA) is 95.9 Å². The highest BCUT2D eigenvalue weighted by molar-refractivity contribution is 7.89. The van der Waals surface area contributed by atoms with Crippen LogP contribution in [0.2, 0.25) is 0 Å². The number of aliphatic hydroxyl groups excluding tert-OH is 1. The van der Waals surface area contributed by atoms with Crippen molar-refractivity contribution in [2.24, 2.45) is 0 Å². The molecule has 0 aliphatic carbocycles. The van der Waals surface area contributed by atoms with Crippen LogP contribution in [0.1, 0.15) is 18.6 Å². The zero-order valence-corrected chi connectivity index (χ0v) is 15.7. The van der Waals surface area contributed by atoms with Gasteiger partial charge in [0.2, 0.25) is 15.9 Å². The Morgan fingerprint density at radius 2 is 1.88 bits per heavy atom. The van der Waals surface area contributed by atoms with Crippen LogP contribution >= 0.6 is 0 Å². The predicted molar refractivity (Wildman–Crippen MR) is 98.5 cm³/mol. The number of nitrogens with one attached hydrogen (secondary N) is 1. The van der Waals surface area contributed by atoms with E-state index in [0.717, 1.165) is 4.31 Å². The van der Waals surface area contributed by atoms with Crippen molar-refractivity contribution in [2.45, 2.75) is 17.9 Å². The van der Waals surface area contributed by atoms with Crippen LogP contribution in [-0.2, 0) is 14.8 Å². The second kappa shape index (κ2) is 8.31. The van der Waals surface area contributed by atoms with Gasteiger partial charge in [0.1, 0.15) is 5.75 Å². The minimum Gasteiger partial charge on any atom is -0.497 e. The van der Waals surface area contributed by atoms with Gasteiger partial charge in [-0.3, -0.25) is 4.79 Å². The van der Waals surface area contributed by atoms with Crippen LogP contribution in [0.3, 0.4) is 0 Å². The summed E-state index contributed by atoms with van der Waals surface area (Å²) in [6, 6.07) is 12.7. The van der Waals surface area contributed by atoms with E-state index >= 15 is 0 Å². The van der Waals surface area contributed by atoms with Gasteiger partial charge in [0.15, 0.2) is 0 Å². The third-order valence-electron chi connectivity index (χ3n) is 3.79. The van der Waals surface area contributed by atoms with Gasteiger partial charge in [-0.1, -0.05) is 12.1 Å². The second-order valence-corrected chi connectivity index (χ2v) is 7.83. The summed E-state index contributed by atoms with van der Waals surface area (Å²) < 4.78 is 31.5. The number of hydrogen-bond donors (Lipinski definition) is 2. The number of benzene rings is 2. The molecule has 1 amide bonds. The van der Waals surface area contributed by atoms with E-state index < -0.39 is 16.1 Å². The summed E-state index contributed by atoms with van der Waals surface area (Å²) in [5.41, 5.74) is 1.07. The van der Waals surface area contributed by atoms with Crippen LogP contribution < -0.4 is 10.1 Å². The van der Waals surface area contributed by atoms with Crippen molar-refractivity contribution in [2.75, 3.05) is 26.0 Å². The number of rotatable bonds is 7. The first kappa shape index (κ1) is 19.9. The summed E-state index contributed by atoms with van der Waals surface area (Å²) in [7, 11) is -0.850. The summed E-state index contributed by atoms with van der Waals surface area (Å²) in [5, 5.41) is 12.9. The smallest absolute Gasteiger partial charge is 0.242 e. The highest BCUT2D eigenvalue weighted by Gasteiger charge is 2.24. The first-order valence-electron chi connectivity index (χ1n) is 7.90. The monoisotopic (exact) mass is 378 g/mol. The molecule has 1 atom stereocenters. The highest BCUT2D eigenvalue weighted by Crippen LogP contribution is 2.23. The number of amides is 1. The van der Waals surface area contributed by atoms with Gasteiger partial charge in [-0.15, -0.1) is 0 Å². The Hall–Kier alpha value is -2.42. The van der Waals surface area contributed by atoms with Crippen LogP contribution in [0.15, 0.2) is 53.4 Å². The van der Waals surface area contributed by atoms with E-state index in [0.29, 0.717) is 17.0 Å². The molecule has 140 valence electrons. The average Bonchev–Trinajstić information content (AvgIpc) is 2.61. The van der Waals surface area contributed by atoms with Crippen LogP contribution in [0.5, 0.6) is 5.75 Å². The molecular weight excluding hydrogens is 356 g/mol. The van der Waals surface area contributed by atoms with E-state index in [4.69, 9.17) is 4.74 Å². The molecule has 2 N–H and O–H groups in total. The Morgan fingerprint density at radius 3 is 2.46 bits per heavy atom. The maximum atomic E-state index is 12.7. The standard InChI is InChI=1S/C18H22N2O5S/c1-13(21)19-15-7-9-17(10-8-15)26(23,24)20(2)12-18(22)14-5-4-6-16(11-14)25-3/h4-11,18,22H,12H2,1-3H3,(H,19,21). The third kappa shape index (κ3) is 4.81. The van der Waals surface area contributed by atoms with Gasteiger partial charge in [-0.2, -0.15) is 4.31 Å². The fourth-order valence-electron chi connectivity index (χ4n) is 2.39. The van der Waals surface area contributed by atoms with E-state index in [-0.39, 0.29) is 17.3 Å². The molecule has 2 rings (SSSR count). The van der Waals surface area contributed by atoms with Crippen LogP contribution in [0.25, 0.3) is 0 Å². The van der Waals surface area contributed by atoms with Crippen molar-refractivity contribution in [3.05, 3.63) is 54.1 Å². The fraction of sp³-hybridized carbons (Fsp3) is 0.278. The zero-order chi connectivity index (χ0) is 19.3. The van der Waals surface area contributed by atoms with Gasteiger partial charge in [-0.05, 0) is 42.0 Å². The molecule has 0 radical (unpaired) electrons. The van der Waals surface area contributed by atoms with E-state index in [1.54, 1.807) is 24.3 Å². The number of hydrogen-bond acceptors (Lipinski definition) is 5. The van der Waals surface area contributed by atoms with Gasteiger partial charge >= 0.3 is 0 Å². The number of ether oxygens (including phenoxy) is 1. The second-order valence-electron chi connectivity index (χ2n) is 5.78. The molecule has 0 bridgehead atoms. The summed E-state index contributed by atoms with van der Waals surface area (Å²) in [6.45, 7) is 1.27. The van der Waals surface area contributed by atoms with Gasteiger partial charge in [0.25, 0.3) is 0 Å². The van der Waals surface area contributed by atoms with E-state index in [9.17, 15) is 18.3 Å². The number of methoxy groups -OCH3 is 1. The number of sulfonamides is 1. The summed E-state index contributed by atoms with van der Waals surface area (Å²) in [6.07, 6.45) is -0.997. The lowest BCUT2D eigenvalue weighted by atomic mass is 10.1. The van der Waals surface area contributed by atoms with Crippen molar-refractivity contribution in [1.29, 1.82) is 0 Å². The van der Waals surface area contributed by atoms with Crippen LogP contribution in [-0.4, -0.2) is 44.4 Å². The number of likely N-dealkylation sites (N-methyl/N-ethyl adjacent to an activating group) is 1. The Kier molecular flexibility index (Phi) is 6.36. The predicted octanol–water partition coefficient (Wildman–Crippen LogP) is 2.01. The van der Waals surface area contributed by atoms with Crippen LogP contribution in [0, 0.1) is 0 Å². The average molecular weight is 378 g/mol. The molecule has 0 heterocycles. The molecule has 0 aromatic heterocycles. The first-order chi connectivity index (χ1) is 12.2. The number of carbonyl (C=O) groups excluding carboxylic acids is 1. The van der Waals surface area contributed by atoms with Crippen LogP contribution in [0.4, 0.5) is 5.69 Å². The molecule has 0 fully saturated rings. The molecule has 2 aromatic rings. The fourth-order valence-corrected chi connectivity index (χ4v) is 3.57. The first-order valence-corrected chi connectivity index (χ1v) is 9.34. The molecule has 0 aliphatic rings. The molecule has 1 unspecified atom stereocenters. The Balaban J connectivity index is 2.13. The Bertz CT molecular complexity index is 865. The number of nitrogens with zero attached hydrogens (tertiary/aromatic N) is 1. The lowest BCUT2D eigenvalue weighted by Gasteiger charge is -2.21. The van der Waals surface area contributed by atoms with Crippen molar-refractivity contribution < 1.29 is 23.1 Å². The summed E-state index contributed by atoms with van der Waals surface area (Å²) >= 11 is 0. The number of carbonyl (C=O) groups is 1. The number of anilines is 1. The highest BCUT2D eigenvalue weighted by atomic mass is 32.2. The normalized spacial score (nSPS) is 12.7. The van der Waals surface area contributed by atoms with Crippen molar-refractivity contribution in [3.63, 3.8) is 0 Å². The summed E-state index contributed by atoms with van der Waals surface area (Å²) in [4.78, 5) is 11.1. The molecule has 7 nitrogen and oxygen atoms in total. The van der Waals surface area contributed by atoms with Crippen molar-refractivity contribution in [1.82, 2.24) is 4.31 Å². The molecule has 0 aliphatic heterocycles. The van der Waals surface area contributed by atoms with Gasteiger partial charge in [-0.25, -0.2) is 8.42 Å². The molecule has 2 aromatic carbocycles. The van der Waals surface area contributed by atoms with E-state index in [1.807, 2.05) is 0 Å². The largest absolute Gasteiger partial charge is 0.497 e. The summed E-state index contributed by atoms with van der Waals surface area (Å²) in [5.74, 6) is 0.347. The van der Waals surface area contributed by atoms with E-state index in [2.05, 4.69) is 5.32 Å². The molecule has 0 saturated carbocycles. The number of aliphatic hydroxyl groups is 1. The molecule has 8 heteroatoms. The van der Waals surface area contributed by atoms with Crippen molar-refractivity contribution in [3.8, 4) is 5.75 Å². The Morgan fingerprint density at radius 1 is 1.23 bits per heavy atom. The minimum atomic E-state index is -3.77. The van der Waals surface area contributed by atoms with Gasteiger partial charge in [0.05, 0.1) is 18.1 Å². The lowest BCUT2D eigenvalue weighted by Crippen LogP contribution is -2.31. The maximum Gasteiger partial charge on any atom is 0.242 e.